The van der Waals surface area contributed by atoms with Gasteiger partial charge in [-0.1, -0.05) is 23.7 Å². The third kappa shape index (κ3) is 3.16. The molecule has 1 aromatic carbocycles. The van der Waals surface area contributed by atoms with Crippen LogP contribution >= 0.6 is 11.6 Å². The number of H-pyrrole nitrogens is 1. The molecule has 0 radical (unpaired) electrons. The fraction of sp³-hybridized carbons (Fsp3) is 0.421. The molecule has 2 aliphatic rings. The Labute approximate surface area is 147 Å². The first-order valence-corrected chi connectivity index (χ1v) is 9.08. The van der Waals surface area contributed by atoms with E-state index >= 15 is 0 Å². The molecule has 1 amide bonds. The molecule has 0 bridgehead atoms. The molecule has 2 aromatic rings. The molecule has 1 unspecified atom stereocenters. The summed E-state index contributed by atoms with van der Waals surface area (Å²) in [5.74, 6) is 0.593. The van der Waals surface area contributed by atoms with Crippen molar-refractivity contribution in [3.63, 3.8) is 0 Å². The van der Waals surface area contributed by atoms with Crippen LogP contribution in [0.25, 0.3) is 0 Å². The summed E-state index contributed by atoms with van der Waals surface area (Å²) in [6.07, 6.45) is 6.31. The van der Waals surface area contributed by atoms with Gasteiger partial charge in [-0.25, -0.2) is 0 Å². The van der Waals surface area contributed by atoms with Crippen molar-refractivity contribution in [1.82, 2.24) is 10.3 Å². The van der Waals surface area contributed by atoms with Crippen molar-refractivity contribution in [2.24, 2.45) is 0 Å². The highest BCUT2D eigenvalue weighted by Gasteiger charge is 2.30. The van der Waals surface area contributed by atoms with E-state index in [4.69, 9.17) is 11.6 Å². The molecule has 2 N–H and O–H groups in total. The van der Waals surface area contributed by atoms with Crippen LogP contribution in [0.1, 0.15) is 47.7 Å². The minimum atomic E-state index is 0.0455. The third-order valence-corrected chi connectivity index (χ3v) is 5.28. The number of para-hydroxylation sites is 1. The lowest BCUT2D eigenvalue weighted by Crippen LogP contribution is -2.48. The van der Waals surface area contributed by atoms with E-state index in [1.54, 1.807) is 0 Å². The van der Waals surface area contributed by atoms with Crippen LogP contribution < -0.4 is 10.2 Å². The van der Waals surface area contributed by atoms with Crippen LogP contribution in [0.4, 0.5) is 5.69 Å². The number of piperidine rings is 1. The summed E-state index contributed by atoms with van der Waals surface area (Å²) in [6, 6.07) is 9.97. The van der Waals surface area contributed by atoms with E-state index in [-0.39, 0.29) is 11.9 Å². The summed E-state index contributed by atoms with van der Waals surface area (Å²) in [4.78, 5) is 18.2. The van der Waals surface area contributed by atoms with Gasteiger partial charge in [-0.3, -0.25) is 4.79 Å². The molecule has 1 aliphatic heterocycles. The number of aromatic amines is 1. The van der Waals surface area contributed by atoms with Gasteiger partial charge in [0.1, 0.15) is 0 Å². The van der Waals surface area contributed by atoms with Gasteiger partial charge in [0.05, 0.1) is 16.3 Å². The number of carbonyl (C=O) groups excluding carboxylic acids is 1. The predicted molar refractivity (Wildman–Crippen MR) is 96.9 cm³/mol. The predicted octanol–water partition coefficient (Wildman–Crippen LogP) is 3.94. The van der Waals surface area contributed by atoms with Crippen LogP contribution in [-0.4, -0.2) is 30.0 Å². The summed E-state index contributed by atoms with van der Waals surface area (Å²) in [5, 5.41) is 3.99. The maximum atomic E-state index is 12.7. The van der Waals surface area contributed by atoms with Crippen molar-refractivity contribution in [2.45, 2.75) is 37.6 Å². The minimum Gasteiger partial charge on any atom is -0.368 e. The number of aromatic nitrogens is 1. The second-order valence-electron chi connectivity index (χ2n) is 6.79. The molecule has 1 aliphatic carbocycles. The first kappa shape index (κ1) is 15.6. The van der Waals surface area contributed by atoms with Crippen LogP contribution in [0.2, 0.25) is 5.02 Å². The molecule has 5 heteroatoms. The van der Waals surface area contributed by atoms with Crippen LogP contribution in [0.3, 0.4) is 0 Å². The molecular formula is C19H22ClN3O. The Balaban J connectivity index is 1.44. The van der Waals surface area contributed by atoms with Crippen molar-refractivity contribution in [2.75, 3.05) is 18.0 Å². The Morgan fingerprint density at radius 1 is 1.21 bits per heavy atom. The van der Waals surface area contributed by atoms with Crippen molar-refractivity contribution >= 4 is 23.2 Å². The molecule has 1 saturated heterocycles. The van der Waals surface area contributed by atoms with Gasteiger partial charge in [0.15, 0.2) is 0 Å². The van der Waals surface area contributed by atoms with Gasteiger partial charge in [-0.15, -0.1) is 0 Å². The average molecular weight is 344 g/mol. The Morgan fingerprint density at radius 3 is 2.83 bits per heavy atom. The third-order valence-electron chi connectivity index (χ3n) is 4.96. The second kappa shape index (κ2) is 6.52. The molecular weight excluding hydrogens is 322 g/mol. The molecule has 2 fully saturated rings. The van der Waals surface area contributed by atoms with Crippen LogP contribution in [0.5, 0.6) is 0 Å². The van der Waals surface area contributed by atoms with Gasteiger partial charge in [-0.2, -0.15) is 0 Å². The fourth-order valence-electron chi connectivity index (χ4n) is 3.58. The summed E-state index contributed by atoms with van der Waals surface area (Å²) < 4.78 is 0. The van der Waals surface area contributed by atoms with E-state index < -0.39 is 0 Å². The Hall–Kier alpha value is -1.94. The molecule has 24 heavy (non-hydrogen) atoms. The van der Waals surface area contributed by atoms with Crippen molar-refractivity contribution in [3.05, 3.63) is 52.8 Å². The molecule has 126 valence electrons. The number of nitrogens with one attached hydrogen (secondary N) is 2. The number of carbonyl (C=O) groups is 1. The smallest absolute Gasteiger partial charge is 0.253 e. The zero-order valence-electron chi connectivity index (χ0n) is 13.6. The van der Waals surface area contributed by atoms with E-state index in [1.165, 1.54) is 12.8 Å². The zero-order valence-corrected chi connectivity index (χ0v) is 14.4. The minimum absolute atomic E-state index is 0.0455. The maximum absolute atomic E-state index is 12.7. The Kier molecular flexibility index (Phi) is 4.23. The lowest BCUT2D eigenvalue weighted by atomic mass is 10.0. The largest absolute Gasteiger partial charge is 0.368 e. The van der Waals surface area contributed by atoms with Gasteiger partial charge in [0.2, 0.25) is 0 Å². The van der Waals surface area contributed by atoms with E-state index in [0.717, 1.165) is 47.9 Å². The number of halogens is 1. The first-order valence-electron chi connectivity index (χ1n) is 8.70. The quantitative estimate of drug-likeness (QED) is 0.883. The monoisotopic (exact) mass is 343 g/mol. The van der Waals surface area contributed by atoms with Gasteiger partial charge in [0, 0.05) is 31.0 Å². The van der Waals surface area contributed by atoms with Crippen molar-refractivity contribution in [3.8, 4) is 0 Å². The van der Waals surface area contributed by atoms with Gasteiger partial charge in [0.25, 0.3) is 5.91 Å². The van der Waals surface area contributed by atoms with Gasteiger partial charge >= 0.3 is 0 Å². The average Bonchev–Trinajstić information content (AvgIpc) is 3.32. The second-order valence-corrected chi connectivity index (χ2v) is 7.20. The SMILES string of the molecule is O=C(NC1CCCN(c2ccccc2Cl)C1)c1cc[nH]c1C1CC1. The van der Waals surface area contributed by atoms with Gasteiger partial charge in [-0.05, 0) is 49.8 Å². The highest BCUT2D eigenvalue weighted by Crippen LogP contribution is 2.40. The lowest BCUT2D eigenvalue weighted by Gasteiger charge is -2.35. The number of amides is 1. The maximum Gasteiger partial charge on any atom is 0.253 e. The van der Waals surface area contributed by atoms with E-state index in [9.17, 15) is 4.79 Å². The normalized spacial score (nSPS) is 20.9. The topological polar surface area (TPSA) is 48.1 Å². The molecule has 1 atom stereocenters. The Morgan fingerprint density at radius 2 is 2.04 bits per heavy atom. The molecule has 1 saturated carbocycles. The number of nitrogens with zero attached hydrogens (tertiary/aromatic N) is 1. The summed E-state index contributed by atoms with van der Waals surface area (Å²) in [5.41, 5.74) is 2.97. The zero-order chi connectivity index (χ0) is 16.5. The fourth-order valence-corrected chi connectivity index (χ4v) is 3.83. The number of hydrogen-bond acceptors (Lipinski definition) is 2. The van der Waals surface area contributed by atoms with E-state index in [2.05, 4.69) is 15.2 Å². The van der Waals surface area contributed by atoms with Gasteiger partial charge < -0.3 is 15.2 Å². The highest BCUT2D eigenvalue weighted by atomic mass is 35.5. The molecule has 4 nitrogen and oxygen atoms in total. The Bertz CT molecular complexity index is 738. The van der Waals surface area contributed by atoms with Crippen LogP contribution in [0, 0.1) is 0 Å². The number of rotatable bonds is 4. The first-order chi connectivity index (χ1) is 11.7. The highest BCUT2D eigenvalue weighted by molar-refractivity contribution is 6.33. The summed E-state index contributed by atoms with van der Waals surface area (Å²) in [7, 11) is 0. The number of anilines is 1. The van der Waals surface area contributed by atoms with E-state index in [1.807, 2.05) is 36.5 Å². The van der Waals surface area contributed by atoms with Crippen molar-refractivity contribution in [1.29, 1.82) is 0 Å². The van der Waals surface area contributed by atoms with E-state index in [0.29, 0.717) is 5.92 Å². The summed E-state index contributed by atoms with van der Waals surface area (Å²) >= 11 is 6.32. The number of benzene rings is 1. The molecule has 1 aromatic heterocycles. The molecule has 2 heterocycles. The van der Waals surface area contributed by atoms with Crippen LogP contribution in [-0.2, 0) is 0 Å². The standard InChI is InChI=1S/C19H22ClN3O/c20-16-5-1-2-6-17(16)23-11-3-4-14(12-23)22-19(24)15-9-10-21-18(15)13-7-8-13/h1-2,5-6,9-10,13-14,21H,3-4,7-8,11-12H2,(H,22,24). The lowest BCUT2D eigenvalue weighted by molar-refractivity contribution is 0.0932. The molecule has 4 rings (SSSR count). The summed E-state index contributed by atoms with van der Waals surface area (Å²) in [6.45, 7) is 1.78. The van der Waals surface area contributed by atoms with Crippen molar-refractivity contribution < 1.29 is 4.79 Å². The van der Waals surface area contributed by atoms with Crippen LogP contribution in [0.15, 0.2) is 36.5 Å². The molecule has 0 spiro atoms. The number of hydrogen-bond donors (Lipinski definition) is 2.